The molecular formula is C8H13N7S. The van der Waals surface area contributed by atoms with Crippen molar-refractivity contribution in [3.05, 3.63) is 18.0 Å². The highest BCUT2D eigenvalue weighted by atomic mass is 32.2. The summed E-state index contributed by atoms with van der Waals surface area (Å²) in [6.07, 6.45) is 1.68. The molecule has 0 radical (unpaired) electrons. The molecule has 7 nitrogen and oxygen atoms in total. The van der Waals surface area contributed by atoms with Gasteiger partial charge < -0.3 is 14.9 Å². The van der Waals surface area contributed by atoms with Crippen LogP contribution in [0, 0.1) is 0 Å². The van der Waals surface area contributed by atoms with E-state index < -0.39 is 0 Å². The number of hydrogen-bond acceptors (Lipinski definition) is 6. The largest absolute Gasteiger partial charge is 0.324 e. The second kappa shape index (κ2) is 4.62. The molecule has 2 heterocycles. The summed E-state index contributed by atoms with van der Waals surface area (Å²) in [5.41, 5.74) is 5.52. The first-order chi connectivity index (χ1) is 7.72. The standard InChI is InChI=1S/C8H13N7S/c1-14-5-10-11-7(14)4-16-8-13-12-6(3-9)15(8)2/h5H,3-4,9H2,1-2H3. The van der Waals surface area contributed by atoms with Gasteiger partial charge in [0, 0.05) is 14.1 Å². The summed E-state index contributed by atoms with van der Waals surface area (Å²) < 4.78 is 3.77. The molecule has 0 aromatic carbocycles. The number of aromatic nitrogens is 6. The third-order valence-electron chi connectivity index (χ3n) is 2.24. The topological polar surface area (TPSA) is 87.4 Å². The summed E-state index contributed by atoms with van der Waals surface area (Å²) >= 11 is 1.57. The zero-order valence-electron chi connectivity index (χ0n) is 9.16. The quantitative estimate of drug-likeness (QED) is 0.737. The lowest BCUT2D eigenvalue weighted by molar-refractivity contribution is 0.733. The molecule has 16 heavy (non-hydrogen) atoms. The third-order valence-corrected chi connectivity index (χ3v) is 3.26. The van der Waals surface area contributed by atoms with E-state index in [0.717, 1.165) is 16.8 Å². The molecule has 86 valence electrons. The Bertz CT molecular complexity index is 474. The van der Waals surface area contributed by atoms with Crippen LogP contribution >= 0.6 is 11.8 Å². The normalized spacial score (nSPS) is 10.9. The van der Waals surface area contributed by atoms with Crippen molar-refractivity contribution in [1.29, 1.82) is 0 Å². The predicted octanol–water partition coefficient (Wildman–Crippen LogP) is -0.305. The zero-order valence-corrected chi connectivity index (χ0v) is 9.98. The number of nitrogens with zero attached hydrogens (tertiary/aromatic N) is 6. The van der Waals surface area contributed by atoms with E-state index in [0.29, 0.717) is 12.3 Å². The van der Waals surface area contributed by atoms with E-state index >= 15 is 0 Å². The highest BCUT2D eigenvalue weighted by Crippen LogP contribution is 2.19. The van der Waals surface area contributed by atoms with Crippen LogP contribution in [0.4, 0.5) is 0 Å². The molecule has 2 rings (SSSR count). The molecule has 2 N–H and O–H groups in total. The van der Waals surface area contributed by atoms with Crippen molar-refractivity contribution < 1.29 is 0 Å². The lowest BCUT2D eigenvalue weighted by atomic mass is 10.6. The van der Waals surface area contributed by atoms with E-state index in [9.17, 15) is 0 Å². The fourth-order valence-corrected chi connectivity index (χ4v) is 2.13. The van der Waals surface area contributed by atoms with E-state index in [-0.39, 0.29) is 0 Å². The summed E-state index contributed by atoms with van der Waals surface area (Å²) in [6.45, 7) is 0.397. The highest BCUT2D eigenvalue weighted by molar-refractivity contribution is 7.98. The van der Waals surface area contributed by atoms with E-state index in [4.69, 9.17) is 5.73 Å². The van der Waals surface area contributed by atoms with Crippen molar-refractivity contribution in [2.75, 3.05) is 0 Å². The average molecular weight is 239 g/mol. The van der Waals surface area contributed by atoms with Crippen molar-refractivity contribution in [2.45, 2.75) is 17.5 Å². The van der Waals surface area contributed by atoms with E-state index in [1.54, 1.807) is 18.1 Å². The van der Waals surface area contributed by atoms with Gasteiger partial charge in [0.25, 0.3) is 0 Å². The summed E-state index contributed by atoms with van der Waals surface area (Å²) in [5, 5.41) is 16.7. The lowest BCUT2D eigenvalue weighted by Crippen LogP contribution is -2.05. The van der Waals surface area contributed by atoms with Gasteiger partial charge in [-0.25, -0.2) is 0 Å². The number of aryl methyl sites for hydroxylation is 1. The van der Waals surface area contributed by atoms with Crippen LogP contribution < -0.4 is 5.73 Å². The Kier molecular flexibility index (Phi) is 3.20. The Morgan fingerprint density at radius 1 is 1.25 bits per heavy atom. The summed E-state index contributed by atoms with van der Waals surface area (Å²) in [5.74, 6) is 2.40. The van der Waals surface area contributed by atoms with Crippen LogP contribution in [0.5, 0.6) is 0 Å². The van der Waals surface area contributed by atoms with Crippen molar-refractivity contribution in [3.63, 3.8) is 0 Å². The van der Waals surface area contributed by atoms with Crippen LogP contribution in [-0.4, -0.2) is 29.5 Å². The van der Waals surface area contributed by atoms with Crippen molar-refractivity contribution in [2.24, 2.45) is 19.8 Å². The van der Waals surface area contributed by atoms with Gasteiger partial charge in [-0.05, 0) is 0 Å². The molecule has 2 aromatic heterocycles. The van der Waals surface area contributed by atoms with Crippen LogP contribution in [0.25, 0.3) is 0 Å². The van der Waals surface area contributed by atoms with Gasteiger partial charge in [-0.2, -0.15) is 0 Å². The smallest absolute Gasteiger partial charge is 0.191 e. The maximum Gasteiger partial charge on any atom is 0.191 e. The molecule has 0 fully saturated rings. The first-order valence-electron chi connectivity index (χ1n) is 4.76. The first kappa shape index (κ1) is 11.1. The first-order valence-corrected chi connectivity index (χ1v) is 5.75. The average Bonchev–Trinajstić information content (AvgIpc) is 2.83. The van der Waals surface area contributed by atoms with Crippen LogP contribution in [-0.2, 0) is 26.4 Å². The monoisotopic (exact) mass is 239 g/mol. The number of rotatable bonds is 4. The Labute approximate surface area is 97.1 Å². The molecule has 0 atom stereocenters. The molecule has 2 aromatic rings. The van der Waals surface area contributed by atoms with Crippen molar-refractivity contribution >= 4 is 11.8 Å². The summed E-state index contributed by atoms with van der Waals surface area (Å²) in [7, 11) is 3.82. The van der Waals surface area contributed by atoms with Gasteiger partial charge in [-0.3, -0.25) is 0 Å². The fourth-order valence-electron chi connectivity index (χ4n) is 1.22. The third kappa shape index (κ3) is 2.07. The van der Waals surface area contributed by atoms with E-state index in [2.05, 4.69) is 20.4 Å². The second-order valence-electron chi connectivity index (χ2n) is 3.31. The van der Waals surface area contributed by atoms with Gasteiger partial charge in [0.1, 0.15) is 18.0 Å². The van der Waals surface area contributed by atoms with E-state index in [1.807, 2.05) is 23.2 Å². The second-order valence-corrected chi connectivity index (χ2v) is 4.25. The molecule has 0 aliphatic rings. The predicted molar refractivity (Wildman–Crippen MR) is 59.5 cm³/mol. The molecule has 0 bridgehead atoms. The molecule has 0 saturated heterocycles. The van der Waals surface area contributed by atoms with Gasteiger partial charge in [-0.15, -0.1) is 20.4 Å². The Hall–Kier alpha value is -1.41. The van der Waals surface area contributed by atoms with Crippen LogP contribution in [0.1, 0.15) is 11.6 Å². The Balaban J connectivity index is 2.05. The molecule has 0 saturated carbocycles. The number of hydrogen-bond donors (Lipinski definition) is 1. The Morgan fingerprint density at radius 2 is 2.06 bits per heavy atom. The molecular weight excluding hydrogens is 226 g/mol. The summed E-state index contributed by atoms with van der Waals surface area (Å²) in [4.78, 5) is 0. The number of nitrogens with two attached hydrogens (primary N) is 1. The van der Waals surface area contributed by atoms with Crippen molar-refractivity contribution in [1.82, 2.24) is 29.5 Å². The minimum absolute atomic E-state index is 0.397. The van der Waals surface area contributed by atoms with Gasteiger partial charge in [0.15, 0.2) is 5.16 Å². The molecule has 0 aliphatic carbocycles. The SMILES string of the molecule is Cn1cnnc1CSc1nnc(CN)n1C. The van der Waals surface area contributed by atoms with Crippen molar-refractivity contribution in [3.8, 4) is 0 Å². The number of thioether (sulfide) groups is 1. The van der Waals surface area contributed by atoms with Gasteiger partial charge in [0.05, 0.1) is 12.3 Å². The van der Waals surface area contributed by atoms with Crippen LogP contribution in [0.15, 0.2) is 11.5 Å². The maximum atomic E-state index is 5.52. The molecule has 8 heteroatoms. The fraction of sp³-hybridized carbons (Fsp3) is 0.500. The molecule has 0 aliphatic heterocycles. The lowest BCUT2D eigenvalue weighted by Gasteiger charge is -2.01. The van der Waals surface area contributed by atoms with Crippen LogP contribution in [0.2, 0.25) is 0 Å². The molecule has 0 amide bonds. The van der Waals surface area contributed by atoms with Gasteiger partial charge in [0.2, 0.25) is 0 Å². The molecule has 0 spiro atoms. The minimum Gasteiger partial charge on any atom is -0.324 e. The summed E-state index contributed by atoms with van der Waals surface area (Å²) in [6, 6.07) is 0. The maximum absolute atomic E-state index is 5.52. The minimum atomic E-state index is 0.397. The Morgan fingerprint density at radius 3 is 2.62 bits per heavy atom. The van der Waals surface area contributed by atoms with Gasteiger partial charge in [-0.1, -0.05) is 11.8 Å². The van der Waals surface area contributed by atoms with Gasteiger partial charge >= 0.3 is 0 Å². The highest BCUT2D eigenvalue weighted by Gasteiger charge is 2.09. The zero-order chi connectivity index (χ0) is 11.5. The molecule has 0 unspecified atom stereocenters. The van der Waals surface area contributed by atoms with Crippen LogP contribution in [0.3, 0.4) is 0 Å². The van der Waals surface area contributed by atoms with E-state index in [1.165, 1.54) is 0 Å².